The number of nitrogens with one attached hydrogen (secondary N) is 1. The summed E-state index contributed by atoms with van der Waals surface area (Å²) in [6, 6.07) is 12.4. The van der Waals surface area contributed by atoms with Crippen molar-refractivity contribution < 1.29 is 4.74 Å². The molecular weight excluding hydrogens is 288 g/mol. The molecular formula is C18H20N4O. The maximum atomic E-state index is 5.50. The highest BCUT2D eigenvalue weighted by atomic mass is 16.5. The van der Waals surface area contributed by atoms with Gasteiger partial charge >= 0.3 is 0 Å². The molecule has 2 aromatic heterocycles. The van der Waals surface area contributed by atoms with E-state index in [0.29, 0.717) is 12.6 Å². The third-order valence-corrected chi connectivity index (χ3v) is 4.43. The van der Waals surface area contributed by atoms with Crippen LogP contribution in [0, 0.1) is 0 Å². The molecule has 1 atom stereocenters. The Kier molecular flexibility index (Phi) is 3.71. The third kappa shape index (κ3) is 2.57. The number of aromatic nitrogens is 3. The van der Waals surface area contributed by atoms with Crippen LogP contribution in [0.5, 0.6) is 5.75 Å². The van der Waals surface area contributed by atoms with E-state index in [1.54, 1.807) is 7.11 Å². The Balaban J connectivity index is 1.82. The van der Waals surface area contributed by atoms with Crippen LogP contribution < -0.4 is 10.1 Å². The highest BCUT2D eigenvalue weighted by molar-refractivity contribution is 5.71. The zero-order valence-electron chi connectivity index (χ0n) is 13.2. The summed E-state index contributed by atoms with van der Waals surface area (Å²) in [5.74, 6) is 1.97. The molecule has 0 aliphatic carbocycles. The second-order valence-corrected chi connectivity index (χ2v) is 5.86. The second-order valence-electron chi connectivity index (χ2n) is 5.86. The van der Waals surface area contributed by atoms with Crippen LogP contribution in [-0.2, 0) is 6.54 Å². The van der Waals surface area contributed by atoms with Gasteiger partial charge in [0.25, 0.3) is 0 Å². The van der Waals surface area contributed by atoms with Crippen LogP contribution in [-0.4, -0.2) is 28.2 Å². The van der Waals surface area contributed by atoms with Crippen molar-refractivity contribution in [2.45, 2.75) is 25.4 Å². The molecule has 0 spiro atoms. The van der Waals surface area contributed by atoms with Crippen molar-refractivity contribution >= 4 is 11.2 Å². The molecule has 0 radical (unpaired) electrons. The van der Waals surface area contributed by atoms with Gasteiger partial charge in [-0.25, -0.2) is 9.97 Å². The van der Waals surface area contributed by atoms with E-state index in [1.807, 2.05) is 36.5 Å². The lowest BCUT2D eigenvalue weighted by molar-refractivity contribution is 0.408. The number of benzene rings is 1. The summed E-state index contributed by atoms with van der Waals surface area (Å²) in [5, 5.41) is 3.55. The van der Waals surface area contributed by atoms with E-state index in [0.717, 1.165) is 41.3 Å². The van der Waals surface area contributed by atoms with Gasteiger partial charge in [-0.05, 0) is 37.6 Å². The first-order valence-electron chi connectivity index (χ1n) is 8.03. The fourth-order valence-corrected chi connectivity index (χ4v) is 3.31. The van der Waals surface area contributed by atoms with Gasteiger partial charge in [0.05, 0.1) is 19.7 Å². The number of methoxy groups -OCH3 is 1. The Bertz CT molecular complexity index is 821. The normalized spacial score (nSPS) is 17.7. The van der Waals surface area contributed by atoms with Gasteiger partial charge in [0.15, 0.2) is 5.65 Å². The lowest BCUT2D eigenvalue weighted by Gasteiger charge is -2.15. The van der Waals surface area contributed by atoms with Gasteiger partial charge < -0.3 is 14.6 Å². The van der Waals surface area contributed by atoms with Crippen LogP contribution in [0.4, 0.5) is 0 Å². The number of hydrogen-bond acceptors (Lipinski definition) is 4. The van der Waals surface area contributed by atoms with Crippen LogP contribution in [0.3, 0.4) is 0 Å². The maximum absolute atomic E-state index is 5.50. The van der Waals surface area contributed by atoms with Gasteiger partial charge in [-0.15, -0.1) is 0 Å². The van der Waals surface area contributed by atoms with Crippen molar-refractivity contribution in [1.29, 1.82) is 0 Å². The highest BCUT2D eigenvalue weighted by Crippen LogP contribution is 2.28. The SMILES string of the molecule is COc1ccccc1Cn1c(C2CCCN2)nc2cccnc21. The minimum atomic E-state index is 0.305. The number of nitrogens with zero attached hydrogens (tertiary/aromatic N) is 3. The quantitative estimate of drug-likeness (QED) is 0.805. The van der Waals surface area contributed by atoms with E-state index < -0.39 is 0 Å². The number of ether oxygens (including phenoxy) is 1. The largest absolute Gasteiger partial charge is 0.496 e. The van der Waals surface area contributed by atoms with Gasteiger partial charge in [-0.1, -0.05) is 18.2 Å². The van der Waals surface area contributed by atoms with Crippen molar-refractivity contribution in [3.8, 4) is 5.75 Å². The summed E-state index contributed by atoms with van der Waals surface area (Å²) in [4.78, 5) is 9.40. The molecule has 3 heterocycles. The monoisotopic (exact) mass is 308 g/mol. The molecule has 1 saturated heterocycles. The minimum absolute atomic E-state index is 0.305. The van der Waals surface area contributed by atoms with Gasteiger partial charge in [0, 0.05) is 11.8 Å². The van der Waals surface area contributed by atoms with E-state index in [-0.39, 0.29) is 0 Å². The van der Waals surface area contributed by atoms with Crippen LogP contribution in [0.2, 0.25) is 0 Å². The molecule has 1 fully saturated rings. The average Bonchev–Trinajstić information content (AvgIpc) is 3.23. The zero-order valence-corrected chi connectivity index (χ0v) is 13.2. The lowest BCUT2D eigenvalue weighted by atomic mass is 10.2. The number of para-hydroxylation sites is 1. The Morgan fingerprint density at radius 3 is 3.00 bits per heavy atom. The van der Waals surface area contributed by atoms with E-state index in [9.17, 15) is 0 Å². The maximum Gasteiger partial charge on any atom is 0.160 e. The lowest BCUT2D eigenvalue weighted by Crippen LogP contribution is -2.18. The van der Waals surface area contributed by atoms with Gasteiger partial charge in [0.1, 0.15) is 17.1 Å². The second kappa shape index (κ2) is 6.01. The summed E-state index contributed by atoms with van der Waals surface area (Å²) in [7, 11) is 1.71. The van der Waals surface area contributed by atoms with Crippen molar-refractivity contribution in [2.75, 3.05) is 13.7 Å². The summed E-state index contributed by atoms with van der Waals surface area (Å²) >= 11 is 0. The fraction of sp³-hybridized carbons (Fsp3) is 0.333. The molecule has 1 aromatic carbocycles. The number of pyridine rings is 1. The van der Waals surface area contributed by atoms with Crippen LogP contribution in [0.15, 0.2) is 42.6 Å². The van der Waals surface area contributed by atoms with E-state index in [4.69, 9.17) is 9.72 Å². The molecule has 4 rings (SSSR count). The summed E-state index contributed by atoms with van der Waals surface area (Å²) in [5.41, 5.74) is 3.02. The smallest absolute Gasteiger partial charge is 0.160 e. The van der Waals surface area contributed by atoms with Gasteiger partial charge in [-0.2, -0.15) is 0 Å². The molecule has 0 amide bonds. The van der Waals surface area contributed by atoms with Gasteiger partial charge in [-0.3, -0.25) is 0 Å². The predicted octanol–water partition coefficient (Wildman–Crippen LogP) is 2.91. The Morgan fingerprint density at radius 2 is 2.17 bits per heavy atom. The molecule has 3 aromatic rings. The topological polar surface area (TPSA) is 52.0 Å². The summed E-state index contributed by atoms with van der Waals surface area (Å²) < 4.78 is 7.72. The Morgan fingerprint density at radius 1 is 1.26 bits per heavy atom. The van der Waals surface area contributed by atoms with Crippen molar-refractivity contribution in [3.05, 3.63) is 54.0 Å². The molecule has 1 N–H and O–H groups in total. The first-order chi connectivity index (χ1) is 11.4. The standard InChI is InChI=1S/C18H20N4O/c1-23-16-9-3-2-6-13(16)12-22-17-15(8-5-11-20-17)21-18(22)14-7-4-10-19-14/h2-3,5-6,8-9,11,14,19H,4,7,10,12H2,1H3. The van der Waals surface area contributed by atoms with E-state index >= 15 is 0 Å². The Hall–Kier alpha value is -2.40. The van der Waals surface area contributed by atoms with Crippen LogP contribution in [0.1, 0.15) is 30.3 Å². The molecule has 1 aliphatic heterocycles. The molecule has 5 nitrogen and oxygen atoms in total. The first-order valence-corrected chi connectivity index (χ1v) is 8.03. The van der Waals surface area contributed by atoms with Gasteiger partial charge in [0.2, 0.25) is 0 Å². The number of fused-ring (bicyclic) bond motifs is 1. The summed E-state index contributed by atoms with van der Waals surface area (Å²) in [6.45, 7) is 1.76. The minimum Gasteiger partial charge on any atom is -0.496 e. The highest BCUT2D eigenvalue weighted by Gasteiger charge is 2.24. The molecule has 23 heavy (non-hydrogen) atoms. The van der Waals surface area contributed by atoms with Crippen LogP contribution >= 0.6 is 0 Å². The molecule has 1 aliphatic rings. The zero-order chi connectivity index (χ0) is 15.6. The predicted molar refractivity (Wildman–Crippen MR) is 89.6 cm³/mol. The summed E-state index contributed by atoms with van der Waals surface area (Å²) in [6.07, 6.45) is 4.14. The van der Waals surface area contributed by atoms with Crippen molar-refractivity contribution in [3.63, 3.8) is 0 Å². The molecule has 1 unspecified atom stereocenters. The number of hydrogen-bond donors (Lipinski definition) is 1. The average molecular weight is 308 g/mol. The molecule has 5 heteroatoms. The van der Waals surface area contributed by atoms with E-state index in [2.05, 4.69) is 20.9 Å². The number of imidazole rings is 1. The van der Waals surface area contributed by atoms with Crippen molar-refractivity contribution in [1.82, 2.24) is 19.9 Å². The fourth-order valence-electron chi connectivity index (χ4n) is 3.31. The first kappa shape index (κ1) is 14.2. The van der Waals surface area contributed by atoms with E-state index in [1.165, 1.54) is 6.42 Å². The molecule has 118 valence electrons. The third-order valence-electron chi connectivity index (χ3n) is 4.43. The molecule has 0 saturated carbocycles. The van der Waals surface area contributed by atoms with Crippen LogP contribution in [0.25, 0.3) is 11.2 Å². The Labute approximate surface area is 135 Å². The van der Waals surface area contributed by atoms with Crippen molar-refractivity contribution in [2.24, 2.45) is 0 Å². The number of rotatable bonds is 4. The molecule has 0 bridgehead atoms.